The first-order valence-electron chi connectivity index (χ1n) is 5.41. The van der Waals surface area contributed by atoms with Gasteiger partial charge in [0.15, 0.2) is 0 Å². The Hall–Kier alpha value is -0.960. The lowest BCUT2D eigenvalue weighted by molar-refractivity contribution is 0.454. The molecular weight excluding hydrogens is 257 g/mol. The van der Waals surface area contributed by atoms with Gasteiger partial charge in [0.1, 0.15) is 11.5 Å². The van der Waals surface area contributed by atoms with E-state index in [4.69, 9.17) is 33.4 Å². The minimum atomic E-state index is -0.361. The zero-order valence-corrected chi connectivity index (χ0v) is 10.9. The Morgan fingerprint density at radius 1 is 1.24 bits per heavy atom. The van der Waals surface area contributed by atoms with E-state index < -0.39 is 0 Å². The molecule has 1 aromatic carbocycles. The Balaban J connectivity index is 2.33. The van der Waals surface area contributed by atoms with E-state index in [9.17, 15) is 0 Å². The number of hydrogen-bond donors (Lipinski definition) is 1. The van der Waals surface area contributed by atoms with Gasteiger partial charge < -0.3 is 10.2 Å². The van der Waals surface area contributed by atoms with E-state index in [1.165, 1.54) is 0 Å². The van der Waals surface area contributed by atoms with E-state index in [0.29, 0.717) is 15.8 Å². The normalized spacial score (nSPS) is 12.7. The van der Waals surface area contributed by atoms with Crippen LogP contribution in [0.5, 0.6) is 0 Å². The van der Waals surface area contributed by atoms with Crippen molar-refractivity contribution in [1.29, 1.82) is 0 Å². The molecule has 2 nitrogen and oxygen atoms in total. The largest absolute Gasteiger partial charge is 0.464 e. The Morgan fingerprint density at radius 2 is 2.00 bits per heavy atom. The molecule has 0 saturated heterocycles. The highest BCUT2D eigenvalue weighted by atomic mass is 35.5. The van der Waals surface area contributed by atoms with Gasteiger partial charge in [-0.1, -0.05) is 36.2 Å². The molecule has 1 atom stereocenters. The summed E-state index contributed by atoms with van der Waals surface area (Å²) in [5, 5.41) is 1.15. The van der Waals surface area contributed by atoms with E-state index in [0.717, 1.165) is 17.7 Å². The van der Waals surface area contributed by atoms with Crippen LogP contribution in [0.4, 0.5) is 0 Å². The third-order valence-electron chi connectivity index (χ3n) is 2.63. The second-order valence-electron chi connectivity index (χ2n) is 3.80. The monoisotopic (exact) mass is 269 g/mol. The Morgan fingerprint density at radius 3 is 2.59 bits per heavy atom. The molecule has 0 aliphatic rings. The highest BCUT2D eigenvalue weighted by Crippen LogP contribution is 2.29. The second kappa shape index (κ2) is 5.13. The lowest BCUT2D eigenvalue weighted by atomic mass is 10.1. The van der Waals surface area contributed by atoms with Gasteiger partial charge in [0.2, 0.25) is 0 Å². The fourth-order valence-electron chi connectivity index (χ4n) is 1.66. The molecule has 1 heterocycles. The van der Waals surface area contributed by atoms with Crippen LogP contribution in [-0.4, -0.2) is 0 Å². The van der Waals surface area contributed by atoms with E-state index in [2.05, 4.69) is 0 Å². The number of halogens is 2. The zero-order valence-electron chi connectivity index (χ0n) is 9.41. The molecule has 2 rings (SSSR count). The van der Waals surface area contributed by atoms with Crippen molar-refractivity contribution in [3.8, 4) is 0 Å². The summed E-state index contributed by atoms with van der Waals surface area (Å²) in [4.78, 5) is 0. The Labute approximate surface area is 110 Å². The maximum Gasteiger partial charge on any atom is 0.125 e. The Bertz CT molecular complexity index is 522. The summed E-state index contributed by atoms with van der Waals surface area (Å²) in [5.41, 5.74) is 6.93. The first-order valence-corrected chi connectivity index (χ1v) is 6.16. The molecule has 0 saturated carbocycles. The first-order chi connectivity index (χ1) is 8.11. The van der Waals surface area contributed by atoms with Crippen molar-refractivity contribution in [3.05, 3.63) is 57.5 Å². The molecule has 0 radical (unpaired) electrons. The average Bonchev–Trinajstić information content (AvgIpc) is 2.76. The van der Waals surface area contributed by atoms with Crippen LogP contribution in [0.15, 0.2) is 34.7 Å². The van der Waals surface area contributed by atoms with Crippen molar-refractivity contribution in [2.24, 2.45) is 5.73 Å². The molecule has 0 amide bonds. The SMILES string of the molecule is CCc1ccc(C(N)c2ccc(Cl)cc2Cl)o1. The van der Waals surface area contributed by atoms with Crippen molar-refractivity contribution in [3.63, 3.8) is 0 Å². The van der Waals surface area contributed by atoms with Crippen LogP contribution in [-0.2, 0) is 6.42 Å². The molecule has 0 spiro atoms. The second-order valence-corrected chi connectivity index (χ2v) is 4.64. The van der Waals surface area contributed by atoms with Crippen molar-refractivity contribution in [2.75, 3.05) is 0 Å². The topological polar surface area (TPSA) is 39.2 Å². The van der Waals surface area contributed by atoms with Crippen LogP contribution in [0.1, 0.15) is 30.0 Å². The van der Waals surface area contributed by atoms with Crippen LogP contribution >= 0.6 is 23.2 Å². The van der Waals surface area contributed by atoms with Crippen molar-refractivity contribution in [1.82, 2.24) is 0 Å². The lowest BCUT2D eigenvalue weighted by Crippen LogP contribution is -2.11. The number of rotatable bonds is 3. The summed E-state index contributed by atoms with van der Waals surface area (Å²) in [6.45, 7) is 2.03. The Kier molecular flexibility index (Phi) is 3.77. The molecular formula is C13H13Cl2NO. The first kappa shape index (κ1) is 12.5. The van der Waals surface area contributed by atoms with Crippen LogP contribution in [0, 0.1) is 0 Å². The molecule has 4 heteroatoms. The van der Waals surface area contributed by atoms with Crippen LogP contribution < -0.4 is 5.73 Å². The van der Waals surface area contributed by atoms with Crippen molar-refractivity contribution >= 4 is 23.2 Å². The molecule has 17 heavy (non-hydrogen) atoms. The van der Waals surface area contributed by atoms with Gasteiger partial charge in [-0.2, -0.15) is 0 Å². The molecule has 2 N–H and O–H groups in total. The summed E-state index contributed by atoms with van der Waals surface area (Å²) in [7, 11) is 0. The summed E-state index contributed by atoms with van der Waals surface area (Å²) in [6, 6.07) is 8.73. The number of hydrogen-bond acceptors (Lipinski definition) is 2. The maximum absolute atomic E-state index is 6.11. The fraction of sp³-hybridized carbons (Fsp3) is 0.231. The molecule has 0 aliphatic heterocycles. The molecule has 1 aromatic heterocycles. The fourth-order valence-corrected chi connectivity index (χ4v) is 2.18. The standard InChI is InChI=1S/C13H13Cl2NO/c1-2-9-4-6-12(17-9)13(16)10-5-3-8(14)7-11(10)15/h3-7,13H,2,16H2,1H3. The average molecular weight is 270 g/mol. The summed E-state index contributed by atoms with van der Waals surface area (Å²) >= 11 is 12.0. The highest BCUT2D eigenvalue weighted by molar-refractivity contribution is 6.35. The summed E-state index contributed by atoms with van der Waals surface area (Å²) < 4.78 is 5.62. The third-order valence-corrected chi connectivity index (χ3v) is 3.20. The van der Waals surface area contributed by atoms with E-state index in [-0.39, 0.29) is 6.04 Å². The highest BCUT2D eigenvalue weighted by Gasteiger charge is 2.16. The number of nitrogens with two attached hydrogens (primary N) is 1. The molecule has 0 fully saturated rings. The van der Waals surface area contributed by atoms with E-state index in [1.807, 2.05) is 25.1 Å². The van der Waals surface area contributed by atoms with Crippen molar-refractivity contribution < 1.29 is 4.42 Å². The van der Waals surface area contributed by atoms with Crippen LogP contribution in [0.2, 0.25) is 10.0 Å². The minimum absolute atomic E-state index is 0.361. The molecule has 0 bridgehead atoms. The lowest BCUT2D eigenvalue weighted by Gasteiger charge is -2.11. The summed E-state index contributed by atoms with van der Waals surface area (Å²) in [5.74, 6) is 1.63. The zero-order chi connectivity index (χ0) is 12.4. The number of furan rings is 1. The predicted molar refractivity (Wildman–Crippen MR) is 70.6 cm³/mol. The minimum Gasteiger partial charge on any atom is -0.464 e. The van der Waals surface area contributed by atoms with Crippen LogP contribution in [0.25, 0.3) is 0 Å². The predicted octanol–water partition coefficient (Wildman–Crippen LogP) is 4.20. The summed E-state index contributed by atoms with van der Waals surface area (Å²) in [6.07, 6.45) is 0.848. The van der Waals surface area contributed by atoms with Crippen LogP contribution in [0.3, 0.4) is 0 Å². The van der Waals surface area contributed by atoms with Gasteiger partial charge >= 0.3 is 0 Å². The molecule has 1 unspecified atom stereocenters. The number of benzene rings is 1. The van der Waals surface area contributed by atoms with E-state index in [1.54, 1.807) is 12.1 Å². The maximum atomic E-state index is 6.11. The van der Waals surface area contributed by atoms with Gasteiger partial charge in [0.05, 0.1) is 6.04 Å². The van der Waals surface area contributed by atoms with Gasteiger partial charge in [-0.25, -0.2) is 0 Å². The molecule has 2 aromatic rings. The molecule has 0 aliphatic carbocycles. The van der Waals surface area contributed by atoms with Gasteiger partial charge in [-0.3, -0.25) is 0 Å². The molecule has 90 valence electrons. The number of aryl methyl sites for hydroxylation is 1. The smallest absolute Gasteiger partial charge is 0.125 e. The van der Waals surface area contributed by atoms with Crippen molar-refractivity contribution in [2.45, 2.75) is 19.4 Å². The van der Waals surface area contributed by atoms with Gasteiger partial charge in [0, 0.05) is 16.5 Å². The van der Waals surface area contributed by atoms with Gasteiger partial charge in [0.25, 0.3) is 0 Å². The quantitative estimate of drug-likeness (QED) is 0.907. The van der Waals surface area contributed by atoms with E-state index >= 15 is 0 Å². The third kappa shape index (κ3) is 2.65. The van der Waals surface area contributed by atoms with Gasteiger partial charge in [-0.05, 0) is 29.8 Å². The van der Waals surface area contributed by atoms with Gasteiger partial charge in [-0.15, -0.1) is 0 Å².